The fraction of sp³-hybridized carbons (Fsp3) is 0.375. The van der Waals surface area contributed by atoms with Crippen molar-refractivity contribution in [2.24, 2.45) is 5.73 Å². The number of nitrogens with zero attached hydrogens (tertiary/aromatic N) is 2. The van der Waals surface area contributed by atoms with E-state index in [-0.39, 0.29) is 16.0 Å². The molecular formula is C8H10Cl2N4O. The molecule has 15 heavy (non-hydrogen) atoms. The summed E-state index contributed by atoms with van der Waals surface area (Å²) >= 11 is 11.5. The van der Waals surface area contributed by atoms with Gasteiger partial charge in [-0.3, -0.25) is 4.79 Å². The molecule has 7 heteroatoms. The van der Waals surface area contributed by atoms with Gasteiger partial charge in [0, 0.05) is 0 Å². The Morgan fingerprint density at radius 2 is 1.87 bits per heavy atom. The van der Waals surface area contributed by atoms with E-state index in [0.717, 1.165) is 0 Å². The summed E-state index contributed by atoms with van der Waals surface area (Å²) in [7, 11) is 0. The Labute approximate surface area is 97.0 Å². The number of carbonyl (C=O) groups is 1. The van der Waals surface area contributed by atoms with E-state index < -0.39 is 11.4 Å². The fourth-order valence-electron chi connectivity index (χ4n) is 0.722. The van der Waals surface area contributed by atoms with Crippen LogP contribution in [0.4, 0.5) is 5.69 Å². The lowest BCUT2D eigenvalue weighted by molar-refractivity contribution is -0.120. The quantitative estimate of drug-likeness (QED) is 0.777. The Balaban J connectivity index is 2.95. The predicted molar refractivity (Wildman–Crippen MR) is 58.9 cm³/mol. The molecule has 5 nitrogen and oxygen atoms in total. The van der Waals surface area contributed by atoms with Crippen molar-refractivity contribution in [3.63, 3.8) is 0 Å². The van der Waals surface area contributed by atoms with Crippen LogP contribution in [0.2, 0.25) is 10.3 Å². The van der Waals surface area contributed by atoms with Crippen molar-refractivity contribution in [1.29, 1.82) is 0 Å². The van der Waals surface area contributed by atoms with E-state index in [1.165, 1.54) is 6.33 Å². The first-order valence-corrected chi connectivity index (χ1v) is 4.84. The highest BCUT2D eigenvalue weighted by Gasteiger charge is 2.23. The predicted octanol–water partition coefficient (Wildman–Crippen LogP) is 1.46. The molecule has 1 rings (SSSR count). The number of carbonyl (C=O) groups excluding carboxylic acids is 1. The summed E-state index contributed by atoms with van der Waals surface area (Å²) in [5.41, 5.74) is 4.73. The van der Waals surface area contributed by atoms with Gasteiger partial charge in [-0.25, -0.2) is 9.97 Å². The Morgan fingerprint density at radius 1 is 1.40 bits per heavy atom. The lowest BCUT2D eigenvalue weighted by Crippen LogP contribution is -2.45. The van der Waals surface area contributed by atoms with E-state index >= 15 is 0 Å². The minimum Gasteiger partial charge on any atom is -0.319 e. The number of anilines is 1. The topological polar surface area (TPSA) is 80.9 Å². The Kier molecular flexibility index (Phi) is 3.49. The zero-order valence-electron chi connectivity index (χ0n) is 8.21. The molecule has 0 aliphatic carbocycles. The normalized spacial score (nSPS) is 11.3. The van der Waals surface area contributed by atoms with Crippen LogP contribution in [0, 0.1) is 0 Å². The SMILES string of the molecule is CC(C)(N)C(=O)Nc1c(Cl)ncnc1Cl. The smallest absolute Gasteiger partial charge is 0.244 e. The van der Waals surface area contributed by atoms with Crippen LogP contribution in [-0.4, -0.2) is 21.4 Å². The van der Waals surface area contributed by atoms with Crippen LogP contribution >= 0.6 is 23.2 Å². The second-order valence-corrected chi connectivity index (χ2v) is 4.22. The number of amides is 1. The van der Waals surface area contributed by atoms with Crippen LogP contribution in [0.1, 0.15) is 13.8 Å². The molecule has 0 bridgehead atoms. The van der Waals surface area contributed by atoms with Crippen LogP contribution in [-0.2, 0) is 4.79 Å². The molecule has 1 amide bonds. The first-order chi connectivity index (χ1) is 6.82. The van der Waals surface area contributed by atoms with E-state index in [9.17, 15) is 4.79 Å². The van der Waals surface area contributed by atoms with E-state index in [1.807, 2.05) is 0 Å². The van der Waals surface area contributed by atoms with Gasteiger partial charge < -0.3 is 11.1 Å². The van der Waals surface area contributed by atoms with Crippen molar-refractivity contribution in [2.75, 3.05) is 5.32 Å². The molecule has 0 unspecified atom stereocenters. The zero-order valence-corrected chi connectivity index (χ0v) is 9.73. The van der Waals surface area contributed by atoms with Gasteiger partial charge >= 0.3 is 0 Å². The molecule has 0 aromatic carbocycles. The summed E-state index contributed by atoms with van der Waals surface area (Å²) in [6, 6.07) is 0. The third kappa shape index (κ3) is 3.02. The molecule has 0 atom stereocenters. The molecule has 0 spiro atoms. The minimum atomic E-state index is -1.03. The van der Waals surface area contributed by atoms with Crippen LogP contribution in [0.5, 0.6) is 0 Å². The van der Waals surface area contributed by atoms with Crippen LogP contribution in [0.3, 0.4) is 0 Å². The van der Waals surface area contributed by atoms with Gasteiger partial charge in [0.05, 0.1) is 5.54 Å². The van der Waals surface area contributed by atoms with Crippen LogP contribution in [0.15, 0.2) is 6.33 Å². The Bertz CT molecular complexity index is 368. The van der Waals surface area contributed by atoms with E-state index in [0.29, 0.717) is 0 Å². The molecule has 0 aliphatic rings. The molecule has 1 aromatic rings. The molecule has 0 aliphatic heterocycles. The van der Waals surface area contributed by atoms with Crippen molar-refractivity contribution in [2.45, 2.75) is 19.4 Å². The van der Waals surface area contributed by atoms with Gasteiger partial charge in [0.15, 0.2) is 10.3 Å². The average Bonchev–Trinajstić information content (AvgIpc) is 2.09. The second-order valence-electron chi connectivity index (χ2n) is 3.51. The molecule has 0 saturated carbocycles. The number of nitrogens with one attached hydrogen (secondary N) is 1. The summed E-state index contributed by atoms with van der Waals surface area (Å²) in [4.78, 5) is 18.9. The highest BCUT2D eigenvalue weighted by molar-refractivity contribution is 6.38. The van der Waals surface area contributed by atoms with Gasteiger partial charge in [-0.05, 0) is 13.8 Å². The van der Waals surface area contributed by atoms with Crippen LogP contribution in [0.25, 0.3) is 0 Å². The molecule has 1 heterocycles. The highest BCUT2D eigenvalue weighted by Crippen LogP contribution is 2.26. The number of hydrogen-bond donors (Lipinski definition) is 2. The second kappa shape index (κ2) is 4.30. The first-order valence-electron chi connectivity index (χ1n) is 4.08. The van der Waals surface area contributed by atoms with Crippen molar-refractivity contribution in [3.05, 3.63) is 16.6 Å². The monoisotopic (exact) mass is 248 g/mol. The van der Waals surface area contributed by atoms with Gasteiger partial charge in [0.1, 0.15) is 12.0 Å². The minimum absolute atomic E-state index is 0.0765. The number of hydrogen-bond acceptors (Lipinski definition) is 4. The Morgan fingerprint density at radius 3 is 2.27 bits per heavy atom. The first kappa shape index (κ1) is 12.2. The van der Waals surface area contributed by atoms with E-state index in [1.54, 1.807) is 13.8 Å². The molecule has 0 saturated heterocycles. The molecule has 0 radical (unpaired) electrons. The molecular weight excluding hydrogens is 239 g/mol. The van der Waals surface area contributed by atoms with Gasteiger partial charge in [-0.1, -0.05) is 23.2 Å². The summed E-state index contributed by atoms with van der Waals surface area (Å²) in [6.07, 6.45) is 1.20. The largest absolute Gasteiger partial charge is 0.319 e. The van der Waals surface area contributed by atoms with Crippen molar-refractivity contribution >= 4 is 34.8 Å². The van der Waals surface area contributed by atoms with E-state index in [2.05, 4.69) is 15.3 Å². The molecule has 0 fully saturated rings. The number of rotatable bonds is 2. The average molecular weight is 249 g/mol. The molecule has 3 N–H and O–H groups in total. The maximum atomic E-state index is 11.5. The maximum absolute atomic E-state index is 11.5. The Hall–Kier alpha value is -0.910. The summed E-state index contributed by atoms with van der Waals surface area (Å²) in [6.45, 7) is 3.13. The number of halogens is 2. The van der Waals surface area contributed by atoms with Gasteiger partial charge in [-0.2, -0.15) is 0 Å². The number of nitrogens with two attached hydrogens (primary N) is 1. The highest BCUT2D eigenvalue weighted by atomic mass is 35.5. The third-order valence-electron chi connectivity index (χ3n) is 1.58. The maximum Gasteiger partial charge on any atom is 0.244 e. The fourth-order valence-corrected chi connectivity index (χ4v) is 1.13. The lowest BCUT2D eigenvalue weighted by Gasteiger charge is -2.18. The standard InChI is InChI=1S/C8H10Cl2N4O/c1-8(2,11)7(15)14-4-5(9)12-3-13-6(4)10/h3H,11H2,1-2H3,(H,14,15). The lowest BCUT2D eigenvalue weighted by atomic mass is 10.1. The number of aromatic nitrogens is 2. The summed E-state index contributed by atoms with van der Waals surface area (Å²) < 4.78 is 0. The summed E-state index contributed by atoms with van der Waals surface area (Å²) in [5, 5.41) is 2.62. The molecule has 82 valence electrons. The van der Waals surface area contributed by atoms with Crippen molar-refractivity contribution in [3.8, 4) is 0 Å². The van der Waals surface area contributed by atoms with Crippen molar-refractivity contribution < 1.29 is 4.79 Å². The van der Waals surface area contributed by atoms with Gasteiger partial charge in [-0.15, -0.1) is 0 Å². The van der Waals surface area contributed by atoms with E-state index in [4.69, 9.17) is 28.9 Å². The van der Waals surface area contributed by atoms with Crippen molar-refractivity contribution in [1.82, 2.24) is 9.97 Å². The third-order valence-corrected chi connectivity index (χ3v) is 2.15. The summed E-state index contributed by atoms with van der Waals surface area (Å²) in [5.74, 6) is -0.416. The zero-order chi connectivity index (χ0) is 11.6. The molecule has 1 aromatic heterocycles. The van der Waals surface area contributed by atoms with Gasteiger partial charge in [0.25, 0.3) is 0 Å². The van der Waals surface area contributed by atoms with Gasteiger partial charge in [0.2, 0.25) is 5.91 Å². The van der Waals surface area contributed by atoms with Crippen LogP contribution < -0.4 is 11.1 Å².